The van der Waals surface area contributed by atoms with Gasteiger partial charge in [-0.15, -0.1) is 10.2 Å². The highest BCUT2D eigenvalue weighted by Gasteiger charge is 2.46. The molecule has 0 amide bonds. The van der Waals surface area contributed by atoms with Gasteiger partial charge >= 0.3 is 6.18 Å². The molecule has 0 saturated carbocycles. The van der Waals surface area contributed by atoms with Crippen LogP contribution in [0.5, 0.6) is 0 Å². The van der Waals surface area contributed by atoms with E-state index in [0.29, 0.717) is 49.3 Å². The first-order valence-electron chi connectivity index (χ1n) is 11.3. The lowest BCUT2D eigenvalue weighted by Crippen LogP contribution is -2.38. The number of likely N-dealkylation sites (tertiary alicyclic amines) is 1. The van der Waals surface area contributed by atoms with Crippen LogP contribution in [0.4, 0.5) is 13.2 Å². The fourth-order valence-electron chi connectivity index (χ4n) is 4.84. The zero-order valence-corrected chi connectivity index (χ0v) is 18.2. The van der Waals surface area contributed by atoms with Crippen molar-refractivity contribution in [2.24, 2.45) is 5.73 Å². The second-order valence-electron chi connectivity index (χ2n) is 9.09. The van der Waals surface area contributed by atoms with Gasteiger partial charge in [0, 0.05) is 36.6 Å². The van der Waals surface area contributed by atoms with Crippen molar-refractivity contribution < 1.29 is 17.9 Å². The van der Waals surface area contributed by atoms with Crippen molar-refractivity contribution in [3.8, 4) is 11.5 Å². The number of fused-ring (bicyclic) bond motifs is 2. The second-order valence-corrected chi connectivity index (χ2v) is 9.09. The van der Waals surface area contributed by atoms with Gasteiger partial charge in [-0.2, -0.15) is 13.2 Å². The molecule has 6 rings (SSSR count). The number of benzene rings is 1. The van der Waals surface area contributed by atoms with Gasteiger partial charge in [0.15, 0.2) is 11.5 Å². The van der Waals surface area contributed by atoms with E-state index >= 15 is 0 Å². The first-order chi connectivity index (χ1) is 16.4. The topological polar surface area (TPSA) is 81.6 Å². The van der Waals surface area contributed by atoms with Crippen LogP contribution in [-0.4, -0.2) is 63.0 Å². The fourth-order valence-corrected chi connectivity index (χ4v) is 4.84. The van der Waals surface area contributed by atoms with Gasteiger partial charge < -0.3 is 10.5 Å². The lowest BCUT2D eigenvalue weighted by atomic mass is 9.96. The summed E-state index contributed by atoms with van der Waals surface area (Å²) < 4.78 is 49.2. The molecule has 5 heterocycles. The molecule has 0 bridgehead atoms. The summed E-state index contributed by atoms with van der Waals surface area (Å²) >= 11 is 0. The number of rotatable bonds is 4. The van der Waals surface area contributed by atoms with E-state index in [-0.39, 0.29) is 18.2 Å². The van der Waals surface area contributed by atoms with Crippen molar-refractivity contribution in [1.82, 2.24) is 24.5 Å². The zero-order valence-electron chi connectivity index (χ0n) is 18.2. The molecule has 2 fully saturated rings. The van der Waals surface area contributed by atoms with E-state index in [0.717, 1.165) is 16.5 Å². The van der Waals surface area contributed by atoms with Crippen molar-refractivity contribution in [2.45, 2.75) is 30.6 Å². The molecule has 0 radical (unpaired) electrons. The molecule has 0 aliphatic carbocycles. The molecule has 0 spiro atoms. The molecule has 10 heteroatoms. The van der Waals surface area contributed by atoms with Gasteiger partial charge in [-0.25, -0.2) is 4.98 Å². The summed E-state index contributed by atoms with van der Waals surface area (Å²) in [5.41, 5.74) is 8.99. The van der Waals surface area contributed by atoms with E-state index in [9.17, 15) is 13.2 Å². The number of hydrogen-bond donors (Lipinski definition) is 1. The Labute approximate surface area is 193 Å². The average Bonchev–Trinajstić information content (AvgIpc) is 3.37. The van der Waals surface area contributed by atoms with Gasteiger partial charge in [0.1, 0.15) is 11.7 Å². The Hall–Kier alpha value is -3.08. The lowest BCUT2D eigenvalue weighted by molar-refractivity contribution is -0.183. The number of hydrogen-bond acceptors (Lipinski definition) is 6. The van der Waals surface area contributed by atoms with E-state index in [2.05, 4.69) is 16.3 Å². The third-order valence-corrected chi connectivity index (χ3v) is 6.73. The first kappa shape index (κ1) is 21.5. The van der Waals surface area contributed by atoms with Gasteiger partial charge in [0.05, 0.1) is 18.7 Å². The minimum atomic E-state index is -4.44. The number of halogens is 3. The normalized spacial score (nSPS) is 20.8. The van der Waals surface area contributed by atoms with Crippen molar-refractivity contribution >= 4 is 16.6 Å². The van der Waals surface area contributed by atoms with E-state index in [4.69, 9.17) is 15.5 Å². The minimum Gasteiger partial charge on any atom is -0.380 e. The van der Waals surface area contributed by atoms with Crippen LogP contribution in [0.1, 0.15) is 29.5 Å². The zero-order chi connectivity index (χ0) is 23.4. The summed E-state index contributed by atoms with van der Waals surface area (Å²) in [6.45, 7) is 1.91. The Morgan fingerprint density at radius 2 is 1.88 bits per heavy atom. The third-order valence-electron chi connectivity index (χ3n) is 6.73. The number of nitrogens with zero attached hydrogens (tertiary/aromatic N) is 5. The Morgan fingerprint density at radius 3 is 2.59 bits per heavy atom. The Bertz CT molecular complexity index is 1370. The molecule has 1 aromatic carbocycles. The molecule has 176 valence electrons. The number of aromatic nitrogens is 4. The summed E-state index contributed by atoms with van der Waals surface area (Å²) in [6, 6.07) is 10.9. The predicted octanol–water partition coefficient (Wildman–Crippen LogP) is 3.69. The number of nitrogens with two attached hydrogens (primary N) is 1. The van der Waals surface area contributed by atoms with Crippen LogP contribution in [0.25, 0.3) is 28.1 Å². The van der Waals surface area contributed by atoms with Gasteiger partial charge in [-0.05, 0) is 35.7 Å². The molecule has 34 heavy (non-hydrogen) atoms. The SMILES string of the molecule is NC1CCN(C(c2ccc3nnc(-c4ccc5ccc(C6COC6)cc5n4)n3c2)C(F)(F)F)C1. The Balaban J connectivity index is 1.42. The lowest BCUT2D eigenvalue weighted by Gasteiger charge is -2.30. The number of alkyl halides is 3. The molecule has 2 saturated heterocycles. The van der Waals surface area contributed by atoms with Gasteiger partial charge in [-0.3, -0.25) is 9.30 Å². The molecular formula is C24H23F3N6O. The maximum absolute atomic E-state index is 14.1. The summed E-state index contributed by atoms with van der Waals surface area (Å²) in [5.74, 6) is 0.763. The van der Waals surface area contributed by atoms with Crippen molar-refractivity contribution in [3.05, 3.63) is 59.8 Å². The van der Waals surface area contributed by atoms with Gasteiger partial charge in [0.25, 0.3) is 0 Å². The molecule has 2 N–H and O–H groups in total. The molecular weight excluding hydrogens is 445 g/mol. The summed E-state index contributed by atoms with van der Waals surface area (Å²) in [7, 11) is 0. The van der Waals surface area contributed by atoms with Crippen LogP contribution in [0.15, 0.2) is 48.7 Å². The molecule has 7 nitrogen and oxygen atoms in total. The highest BCUT2D eigenvalue weighted by Crippen LogP contribution is 2.39. The quantitative estimate of drug-likeness (QED) is 0.492. The Kier molecular flexibility index (Phi) is 5.05. The second kappa shape index (κ2) is 8.00. The fraction of sp³-hybridized carbons (Fsp3) is 0.375. The van der Waals surface area contributed by atoms with Crippen molar-refractivity contribution in [2.75, 3.05) is 26.3 Å². The molecule has 2 aliphatic heterocycles. The summed E-state index contributed by atoms with van der Waals surface area (Å²) in [5, 5.41) is 9.38. The van der Waals surface area contributed by atoms with Crippen LogP contribution < -0.4 is 5.73 Å². The highest BCUT2D eigenvalue weighted by atomic mass is 19.4. The summed E-state index contributed by atoms with van der Waals surface area (Å²) in [4.78, 5) is 6.17. The van der Waals surface area contributed by atoms with Crippen LogP contribution in [0.2, 0.25) is 0 Å². The van der Waals surface area contributed by atoms with Crippen LogP contribution in [0.3, 0.4) is 0 Å². The molecule has 2 atom stereocenters. The van der Waals surface area contributed by atoms with E-state index < -0.39 is 12.2 Å². The first-order valence-corrected chi connectivity index (χ1v) is 11.3. The standard InChI is InChI=1S/C24H23F3N6O/c25-24(26,27)22(32-8-7-18(28)11-32)16-4-6-21-30-31-23(33(21)10-16)19-5-3-14-1-2-15(9-20(14)29-19)17-12-34-13-17/h1-6,9-10,17-18,22H,7-8,11-13,28H2. The van der Waals surface area contributed by atoms with Crippen molar-refractivity contribution in [1.29, 1.82) is 0 Å². The van der Waals surface area contributed by atoms with Crippen LogP contribution >= 0.6 is 0 Å². The van der Waals surface area contributed by atoms with E-state index in [1.807, 2.05) is 24.3 Å². The highest BCUT2D eigenvalue weighted by molar-refractivity contribution is 5.81. The van der Waals surface area contributed by atoms with Crippen LogP contribution in [-0.2, 0) is 4.74 Å². The smallest absolute Gasteiger partial charge is 0.380 e. The largest absolute Gasteiger partial charge is 0.408 e. The van der Waals surface area contributed by atoms with E-state index in [1.165, 1.54) is 17.2 Å². The minimum absolute atomic E-state index is 0.128. The third kappa shape index (κ3) is 3.71. The van der Waals surface area contributed by atoms with Crippen molar-refractivity contribution in [3.63, 3.8) is 0 Å². The molecule has 3 aromatic heterocycles. The average molecular weight is 468 g/mol. The number of ether oxygens (including phenoxy) is 1. The van der Waals surface area contributed by atoms with Gasteiger partial charge in [-0.1, -0.05) is 24.3 Å². The Morgan fingerprint density at radius 1 is 1.06 bits per heavy atom. The maximum Gasteiger partial charge on any atom is 0.408 e. The molecule has 2 aliphatic rings. The van der Waals surface area contributed by atoms with Gasteiger partial charge in [0.2, 0.25) is 0 Å². The maximum atomic E-state index is 14.1. The monoisotopic (exact) mass is 468 g/mol. The molecule has 4 aromatic rings. The number of pyridine rings is 2. The van der Waals surface area contributed by atoms with E-state index in [1.54, 1.807) is 10.5 Å². The summed E-state index contributed by atoms with van der Waals surface area (Å²) in [6.07, 6.45) is -2.42. The predicted molar refractivity (Wildman–Crippen MR) is 120 cm³/mol. The van der Waals surface area contributed by atoms with Crippen LogP contribution in [0, 0.1) is 0 Å². The molecule has 2 unspecified atom stereocenters.